The summed E-state index contributed by atoms with van der Waals surface area (Å²) in [6.45, 7) is 2.30. The lowest BCUT2D eigenvalue weighted by Gasteiger charge is -2.23. The van der Waals surface area contributed by atoms with Crippen molar-refractivity contribution in [2.24, 2.45) is 0 Å². The van der Waals surface area contributed by atoms with Crippen LogP contribution in [0.2, 0.25) is 0 Å². The maximum absolute atomic E-state index is 14.5. The molecular formula is C22H22F4O2. The number of halogens is 4. The average molecular weight is 394 g/mol. The van der Waals surface area contributed by atoms with Crippen LogP contribution >= 0.6 is 0 Å². The van der Waals surface area contributed by atoms with Crippen LogP contribution in [-0.4, -0.2) is 11.7 Å². The maximum Gasteiger partial charge on any atom is 0.201 e. The molecule has 0 amide bonds. The number of aromatic hydroxyl groups is 1. The third-order valence-corrected chi connectivity index (χ3v) is 5.09. The van der Waals surface area contributed by atoms with Crippen LogP contribution in [0.4, 0.5) is 17.6 Å². The molecule has 0 radical (unpaired) electrons. The molecule has 0 heterocycles. The van der Waals surface area contributed by atoms with Crippen LogP contribution in [0.25, 0.3) is 5.57 Å². The Morgan fingerprint density at radius 2 is 1.79 bits per heavy atom. The van der Waals surface area contributed by atoms with Gasteiger partial charge in [-0.2, -0.15) is 8.78 Å². The van der Waals surface area contributed by atoms with E-state index in [1.165, 1.54) is 18.2 Å². The van der Waals surface area contributed by atoms with Gasteiger partial charge in [0.15, 0.2) is 23.1 Å². The number of benzene rings is 2. The highest BCUT2D eigenvalue weighted by Crippen LogP contribution is 2.39. The van der Waals surface area contributed by atoms with Crippen molar-refractivity contribution in [3.05, 3.63) is 64.7 Å². The Labute approximate surface area is 161 Å². The third-order valence-electron chi connectivity index (χ3n) is 5.09. The summed E-state index contributed by atoms with van der Waals surface area (Å²) in [7, 11) is 0. The molecule has 3 rings (SSSR count). The number of rotatable bonds is 6. The van der Waals surface area contributed by atoms with Crippen LogP contribution < -0.4 is 4.74 Å². The van der Waals surface area contributed by atoms with E-state index in [1.54, 1.807) is 6.08 Å². The number of hydrogen-bond acceptors (Lipinski definition) is 2. The first-order valence-electron chi connectivity index (χ1n) is 9.41. The molecule has 0 aromatic heterocycles. The molecule has 1 aliphatic carbocycles. The monoisotopic (exact) mass is 394 g/mol. The zero-order chi connectivity index (χ0) is 20.3. The molecule has 0 fully saturated rings. The molecule has 1 N–H and O–H groups in total. The van der Waals surface area contributed by atoms with E-state index in [0.717, 1.165) is 18.9 Å². The van der Waals surface area contributed by atoms with Gasteiger partial charge in [0, 0.05) is 5.56 Å². The Kier molecular flexibility index (Phi) is 6.27. The van der Waals surface area contributed by atoms with Crippen LogP contribution in [0.1, 0.15) is 56.1 Å². The highest BCUT2D eigenvalue weighted by atomic mass is 19.2. The van der Waals surface area contributed by atoms with Crippen molar-refractivity contribution in [1.82, 2.24) is 0 Å². The van der Waals surface area contributed by atoms with Gasteiger partial charge >= 0.3 is 0 Å². The molecule has 2 aromatic rings. The number of unbranched alkanes of at least 4 members (excludes halogenated alkanes) is 1. The van der Waals surface area contributed by atoms with Gasteiger partial charge < -0.3 is 9.84 Å². The van der Waals surface area contributed by atoms with Crippen LogP contribution in [0, 0.1) is 23.3 Å². The minimum atomic E-state index is -1.26. The van der Waals surface area contributed by atoms with Gasteiger partial charge in [0.25, 0.3) is 0 Å². The summed E-state index contributed by atoms with van der Waals surface area (Å²) in [5.41, 5.74) is 0.973. The lowest BCUT2D eigenvalue weighted by molar-refractivity contribution is 0.288. The van der Waals surface area contributed by atoms with Crippen LogP contribution in [0.5, 0.6) is 11.5 Å². The van der Waals surface area contributed by atoms with Gasteiger partial charge in [0.05, 0.1) is 6.61 Å². The van der Waals surface area contributed by atoms with Crippen molar-refractivity contribution < 1.29 is 27.4 Å². The summed E-state index contributed by atoms with van der Waals surface area (Å²) < 4.78 is 61.7. The molecule has 0 saturated heterocycles. The second kappa shape index (κ2) is 8.67. The van der Waals surface area contributed by atoms with Crippen molar-refractivity contribution in [2.75, 3.05) is 6.61 Å². The summed E-state index contributed by atoms with van der Waals surface area (Å²) in [6.07, 6.45) is 4.60. The summed E-state index contributed by atoms with van der Waals surface area (Å²) in [5, 5.41) is 9.25. The topological polar surface area (TPSA) is 29.5 Å². The van der Waals surface area contributed by atoms with Gasteiger partial charge in [-0.3, -0.25) is 0 Å². The fourth-order valence-electron chi connectivity index (χ4n) is 3.45. The molecule has 0 bridgehead atoms. The van der Waals surface area contributed by atoms with Crippen molar-refractivity contribution >= 4 is 5.57 Å². The average Bonchev–Trinajstić information content (AvgIpc) is 2.70. The van der Waals surface area contributed by atoms with Crippen molar-refractivity contribution in [3.63, 3.8) is 0 Å². The molecule has 2 nitrogen and oxygen atoms in total. The lowest BCUT2D eigenvalue weighted by Crippen LogP contribution is -2.09. The number of ether oxygens (including phenoxy) is 1. The Bertz CT molecular complexity index is 893. The van der Waals surface area contributed by atoms with E-state index in [1.807, 2.05) is 6.92 Å². The van der Waals surface area contributed by atoms with E-state index in [0.29, 0.717) is 31.4 Å². The molecule has 1 unspecified atom stereocenters. The third kappa shape index (κ3) is 4.01. The number of phenolic OH excluding ortho intramolecular Hbond substituents is 1. The summed E-state index contributed by atoms with van der Waals surface area (Å²) >= 11 is 0. The second-order valence-corrected chi connectivity index (χ2v) is 6.94. The highest BCUT2D eigenvalue weighted by Gasteiger charge is 2.25. The molecular weight excluding hydrogens is 372 g/mol. The highest BCUT2D eigenvalue weighted by molar-refractivity contribution is 5.68. The summed E-state index contributed by atoms with van der Waals surface area (Å²) in [4.78, 5) is 0. The first-order valence-corrected chi connectivity index (χ1v) is 9.41. The zero-order valence-electron chi connectivity index (χ0n) is 15.6. The minimum absolute atomic E-state index is 0.106. The molecule has 28 heavy (non-hydrogen) atoms. The van der Waals surface area contributed by atoms with Crippen LogP contribution in [0.15, 0.2) is 30.3 Å². The normalized spacial score (nSPS) is 16.8. The first kappa shape index (κ1) is 20.2. The maximum atomic E-state index is 14.5. The predicted octanol–water partition coefficient (Wildman–Crippen LogP) is 6.48. The Morgan fingerprint density at radius 3 is 2.46 bits per heavy atom. The Balaban J connectivity index is 1.78. The van der Waals surface area contributed by atoms with Crippen molar-refractivity contribution in [1.29, 1.82) is 0 Å². The van der Waals surface area contributed by atoms with Crippen molar-refractivity contribution in [2.45, 2.75) is 44.9 Å². The molecule has 0 saturated carbocycles. The van der Waals surface area contributed by atoms with Gasteiger partial charge in [-0.15, -0.1) is 0 Å². The number of phenols is 1. The van der Waals surface area contributed by atoms with E-state index < -0.39 is 29.0 Å². The van der Waals surface area contributed by atoms with E-state index in [4.69, 9.17) is 4.74 Å². The zero-order valence-corrected chi connectivity index (χ0v) is 15.6. The van der Waals surface area contributed by atoms with Gasteiger partial charge in [0.2, 0.25) is 11.6 Å². The first-order chi connectivity index (χ1) is 13.4. The number of allylic oxidation sites excluding steroid dienone is 2. The van der Waals surface area contributed by atoms with Crippen LogP contribution in [-0.2, 0) is 0 Å². The van der Waals surface area contributed by atoms with Gasteiger partial charge in [-0.05, 0) is 60.9 Å². The quantitative estimate of drug-likeness (QED) is 0.449. The van der Waals surface area contributed by atoms with E-state index >= 15 is 0 Å². The standard InChI is InChI=1S/C22H22F4O2/c1-2-3-12-28-18-11-9-16(20(24)22(18)26)14-6-4-13(5-7-14)15-8-10-17(27)21(25)19(15)23/h6,8-11,13,27H,2-5,7,12H2,1H3. The molecule has 150 valence electrons. The summed E-state index contributed by atoms with van der Waals surface area (Å²) in [5.74, 6) is -5.42. The molecule has 6 heteroatoms. The van der Waals surface area contributed by atoms with E-state index in [2.05, 4.69) is 0 Å². The van der Waals surface area contributed by atoms with Gasteiger partial charge in [-0.1, -0.05) is 25.5 Å². The molecule has 0 spiro atoms. The lowest BCUT2D eigenvalue weighted by atomic mass is 9.82. The van der Waals surface area contributed by atoms with Gasteiger partial charge in [-0.25, -0.2) is 8.78 Å². The minimum Gasteiger partial charge on any atom is -0.505 e. The van der Waals surface area contributed by atoms with Crippen LogP contribution in [0.3, 0.4) is 0 Å². The van der Waals surface area contributed by atoms with Gasteiger partial charge in [0.1, 0.15) is 0 Å². The molecule has 2 aromatic carbocycles. The molecule has 0 aliphatic heterocycles. The Morgan fingerprint density at radius 1 is 1.00 bits per heavy atom. The SMILES string of the molecule is CCCCOc1ccc(C2=CCC(c3ccc(O)c(F)c3F)CC2)c(F)c1F. The van der Waals surface area contributed by atoms with Crippen molar-refractivity contribution in [3.8, 4) is 11.5 Å². The second-order valence-electron chi connectivity index (χ2n) is 6.94. The molecule has 1 atom stereocenters. The summed E-state index contributed by atoms with van der Waals surface area (Å²) in [6, 6.07) is 5.40. The fourth-order valence-corrected chi connectivity index (χ4v) is 3.45. The van der Waals surface area contributed by atoms with E-state index in [9.17, 15) is 22.7 Å². The largest absolute Gasteiger partial charge is 0.505 e. The number of hydrogen-bond donors (Lipinski definition) is 1. The fraction of sp³-hybridized carbons (Fsp3) is 0.364. The smallest absolute Gasteiger partial charge is 0.201 e. The van der Waals surface area contributed by atoms with E-state index in [-0.39, 0.29) is 22.8 Å². The molecule has 1 aliphatic rings. The predicted molar refractivity (Wildman–Crippen MR) is 99.4 cm³/mol. The Hall–Kier alpha value is -2.50.